The highest BCUT2D eigenvalue weighted by Crippen LogP contribution is 2.15. The molecule has 0 spiro atoms. The minimum atomic E-state index is -0.0419. The molecule has 0 radical (unpaired) electrons. The second-order valence-corrected chi connectivity index (χ2v) is 3.65. The maximum absolute atomic E-state index is 11.3. The van der Waals surface area contributed by atoms with Crippen LogP contribution in [-0.4, -0.2) is 42.7 Å². The second-order valence-electron chi connectivity index (χ2n) is 3.24. The summed E-state index contributed by atoms with van der Waals surface area (Å²) < 4.78 is 4.82. The number of hydrogen-bond acceptors (Lipinski definition) is 5. The van der Waals surface area contributed by atoms with Crippen molar-refractivity contribution in [3.63, 3.8) is 0 Å². The number of ether oxygens (including phenoxy) is 1. The van der Waals surface area contributed by atoms with E-state index in [1.807, 2.05) is 0 Å². The number of halogens is 1. The number of nitrogens with one attached hydrogen (secondary N) is 2. The molecule has 94 valence electrons. The standard InChI is InChI=1S/C10H15ClN4O2/c1-17-5-4-13-9(16)2-3-14-10-8(11)6-12-7-15-10/h6-7H,2-5H2,1H3,(H,13,16)(H,12,14,15). The van der Waals surface area contributed by atoms with Crippen molar-refractivity contribution in [1.29, 1.82) is 0 Å². The van der Waals surface area contributed by atoms with Crippen LogP contribution in [0.15, 0.2) is 12.5 Å². The minimum absolute atomic E-state index is 0.0419. The summed E-state index contributed by atoms with van der Waals surface area (Å²) in [5.41, 5.74) is 0. The number of aromatic nitrogens is 2. The van der Waals surface area contributed by atoms with Gasteiger partial charge in [0.2, 0.25) is 5.91 Å². The van der Waals surface area contributed by atoms with Crippen LogP contribution in [0.5, 0.6) is 0 Å². The Morgan fingerprint density at radius 2 is 2.35 bits per heavy atom. The number of amides is 1. The lowest BCUT2D eigenvalue weighted by Gasteiger charge is -2.07. The number of hydrogen-bond donors (Lipinski definition) is 2. The van der Waals surface area contributed by atoms with Gasteiger partial charge in [0.05, 0.1) is 12.8 Å². The third-order valence-electron chi connectivity index (χ3n) is 1.94. The van der Waals surface area contributed by atoms with Crippen LogP contribution in [0.3, 0.4) is 0 Å². The first-order chi connectivity index (χ1) is 8.24. The van der Waals surface area contributed by atoms with Gasteiger partial charge in [-0.05, 0) is 0 Å². The van der Waals surface area contributed by atoms with Crippen molar-refractivity contribution in [2.24, 2.45) is 0 Å². The van der Waals surface area contributed by atoms with Gasteiger partial charge in [-0.3, -0.25) is 4.79 Å². The minimum Gasteiger partial charge on any atom is -0.383 e. The summed E-state index contributed by atoms with van der Waals surface area (Å²) in [7, 11) is 1.59. The Morgan fingerprint density at radius 3 is 3.06 bits per heavy atom. The summed E-state index contributed by atoms with van der Waals surface area (Å²) >= 11 is 5.84. The van der Waals surface area contributed by atoms with Crippen LogP contribution >= 0.6 is 11.6 Å². The molecule has 0 bridgehead atoms. The largest absolute Gasteiger partial charge is 0.383 e. The molecule has 0 aliphatic heterocycles. The Morgan fingerprint density at radius 1 is 1.53 bits per heavy atom. The van der Waals surface area contributed by atoms with Crippen molar-refractivity contribution in [3.8, 4) is 0 Å². The molecule has 0 fully saturated rings. The van der Waals surface area contributed by atoms with Gasteiger partial charge in [0.15, 0.2) is 0 Å². The van der Waals surface area contributed by atoms with E-state index >= 15 is 0 Å². The molecule has 1 amide bonds. The fraction of sp³-hybridized carbons (Fsp3) is 0.500. The number of methoxy groups -OCH3 is 1. The van der Waals surface area contributed by atoms with Crippen molar-refractivity contribution in [1.82, 2.24) is 15.3 Å². The van der Waals surface area contributed by atoms with Crippen LogP contribution in [0, 0.1) is 0 Å². The van der Waals surface area contributed by atoms with Crippen LogP contribution < -0.4 is 10.6 Å². The van der Waals surface area contributed by atoms with Gasteiger partial charge in [-0.1, -0.05) is 11.6 Å². The Balaban J connectivity index is 2.19. The summed E-state index contributed by atoms with van der Waals surface area (Å²) in [4.78, 5) is 19.0. The third kappa shape index (κ3) is 5.46. The van der Waals surface area contributed by atoms with E-state index in [-0.39, 0.29) is 5.91 Å². The van der Waals surface area contributed by atoms with Crippen LogP contribution in [0.25, 0.3) is 0 Å². The lowest BCUT2D eigenvalue weighted by Crippen LogP contribution is -2.28. The molecule has 1 aromatic heterocycles. The van der Waals surface area contributed by atoms with E-state index in [9.17, 15) is 4.79 Å². The normalized spacial score (nSPS) is 10.0. The number of carbonyl (C=O) groups is 1. The molecular weight excluding hydrogens is 244 g/mol. The molecule has 2 N–H and O–H groups in total. The summed E-state index contributed by atoms with van der Waals surface area (Å²) in [6.45, 7) is 1.50. The molecule has 1 aromatic rings. The summed E-state index contributed by atoms with van der Waals surface area (Å²) in [5.74, 6) is 0.492. The molecule has 0 aliphatic rings. The average Bonchev–Trinajstić information content (AvgIpc) is 2.32. The maximum atomic E-state index is 11.3. The molecule has 7 heteroatoms. The molecule has 6 nitrogen and oxygen atoms in total. The average molecular weight is 259 g/mol. The van der Waals surface area contributed by atoms with Gasteiger partial charge in [-0.25, -0.2) is 9.97 Å². The zero-order chi connectivity index (χ0) is 12.5. The number of nitrogens with zero attached hydrogens (tertiary/aromatic N) is 2. The van der Waals surface area contributed by atoms with E-state index < -0.39 is 0 Å². The lowest BCUT2D eigenvalue weighted by molar-refractivity contribution is -0.121. The molecule has 1 rings (SSSR count). The van der Waals surface area contributed by atoms with Gasteiger partial charge < -0.3 is 15.4 Å². The topological polar surface area (TPSA) is 76.1 Å². The van der Waals surface area contributed by atoms with Crippen LogP contribution in [0.1, 0.15) is 6.42 Å². The SMILES string of the molecule is COCCNC(=O)CCNc1ncncc1Cl. The van der Waals surface area contributed by atoms with Crippen molar-refractivity contribution in [2.45, 2.75) is 6.42 Å². The van der Waals surface area contributed by atoms with Gasteiger partial charge in [0.25, 0.3) is 0 Å². The molecule has 0 atom stereocenters. The first kappa shape index (κ1) is 13.7. The van der Waals surface area contributed by atoms with Gasteiger partial charge >= 0.3 is 0 Å². The number of anilines is 1. The first-order valence-corrected chi connectivity index (χ1v) is 5.57. The smallest absolute Gasteiger partial charge is 0.221 e. The zero-order valence-corrected chi connectivity index (χ0v) is 10.3. The van der Waals surface area contributed by atoms with Crippen LogP contribution in [-0.2, 0) is 9.53 Å². The molecule has 0 aliphatic carbocycles. The van der Waals surface area contributed by atoms with E-state index in [0.717, 1.165) is 0 Å². The van der Waals surface area contributed by atoms with Crippen LogP contribution in [0.2, 0.25) is 5.02 Å². The number of rotatable bonds is 7. The highest BCUT2D eigenvalue weighted by molar-refractivity contribution is 6.32. The first-order valence-electron chi connectivity index (χ1n) is 5.19. The Kier molecular flexibility index (Phi) is 6.27. The summed E-state index contributed by atoms with van der Waals surface area (Å²) in [6.07, 6.45) is 3.24. The molecule has 17 heavy (non-hydrogen) atoms. The molecule has 0 saturated carbocycles. The molecule has 0 unspecified atom stereocenters. The van der Waals surface area contributed by atoms with E-state index in [2.05, 4.69) is 20.6 Å². The predicted octanol–water partition coefficient (Wildman–Crippen LogP) is 0.695. The van der Waals surface area contributed by atoms with Gasteiger partial charge in [0, 0.05) is 26.6 Å². The Hall–Kier alpha value is -1.40. The van der Waals surface area contributed by atoms with Crippen LogP contribution in [0.4, 0.5) is 5.82 Å². The summed E-state index contributed by atoms with van der Waals surface area (Å²) in [5, 5.41) is 6.11. The van der Waals surface area contributed by atoms with E-state index in [1.54, 1.807) is 7.11 Å². The van der Waals surface area contributed by atoms with Gasteiger partial charge in [-0.15, -0.1) is 0 Å². The zero-order valence-electron chi connectivity index (χ0n) is 9.57. The highest BCUT2D eigenvalue weighted by Gasteiger charge is 2.03. The molecule has 1 heterocycles. The van der Waals surface area contributed by atoms with Crippen molar-refractivity contribution < 1.29 is 9.53 Å². The molecule has 0 saturated heterocycles. The van der Waals surface area contributed by atoms with E-state index in [1.165, 1.54) is 12.5 Å². The molecular formula is C10H15ClN4O2. The Bertz CT molecular complexity index is 362. The fourth-order valence-corrected chi connectivity index (χ4v) is 1.29. The molecule has 0 aromatic carbocycles. The van der Waals surface area contributed by atoms with Crippen molar-refractivity contribution in [2.75, 3.05) is 32.1 Å². The van der Waals surface area contributed by atoms with E-state index in [0.29, 0.717) is 37.0 Å². The monoisotopic (exact) mass is 258 g/mol. The second kappa shape index (κ2) is 7.81. The lowest BCUT2D eigenvalue weighted by atomic mass is 10.4. The van der Waals surface area contributed by atoms with Gasteiger partial charge in [0.1, 0.15) is 17.2 Å². The quantitative estimate of drug-likeness (QED) is 0.704. The Labute approximate surface area is 105 Å². The number of carbonyl (C=O) groups excluding carboxylic acids is 1. The van der Waals surface area contributed by atoms with Crippen molar-refractivity contribution in [3.05, 3.63) is 17.5 Å². The van der Waals surface area contributed by atoms with E-state index in [4.69, 9.17) is 16.3 Å². The summed E-state index contributed by atoms with van der Waals surface area (Å²) in [6, 6.07) is 0. The fourth-order valence-electron chi connectivity index (χ4n) is 1.12. The van der Waals surface area contributed by atoms with Gasteiger partial charge in [-0.2, -0.15) is 0 Å². The predicted molar refractivity (Wildman–Crippen MR) is 65.0 cm³/mol. The highest BCUT2D eigenvalue weighted by atomic mass is 35.5. The van der Waals surface area contributed by atoms with Crippen molar-refractivity contribution >= 4 is 23.3 Å². The maximum Gasteiger partial charge on any atom is 0.221 e. The third-order valence-corrected chi connectivity index (χ3v) is 2.22.